The average Bonchev–Trinajstić information content (AvgIpc) is 3.03. The Morgan fingerprint density at radius 3 is 2.75 bits per heavy atom. The van der Waals surface area contributed by atoms with Crippen LogP contribution in [-0.4, -0.2) is 18.3 Å². The fourth-order valence-corrected chi connectivity index (χ4v) is 3.63. The Hall–Kier alpha value is -0.680. The molecule has 1 aromatic carbocycles. The number of rotatable bonds is 3. The third-order valence-corrected chi connectivity index (χ3v) is 4.70. The van der Waals surface area contributed by atoms with Crippen LogP contribution in [0.15, 0.2) is 16.6 Å². The van der Waals surface area contributed by atoms with Gasteiger partial charge in [0, 0.05) is 4.47 Å². The van der Waals surface area contributed by atoms with Gasteiger partial charge in [-0.2, -0.15) is 4.39 Å². The first-order valence-electron chi connectivity index (χ1n) is 7.03. The summed E-state index contributed by atoms with van der Waals surface area (Å²) in [6.07, 6.45) is 6.63. The summed E-state index contributed by atoms with van der Waals surface area (Å²) in [5, 5.41) is 0. The number of hydrogen-bond donors (Lipinski definition) is 0. The van der Waals surface area contributed by atoms with Crippen LogP contribution in [0.25, 0.3) is 0 Å². The Kier molecular flexibility index (Phi) is 4.00. The largest absolute Gasteiger partial charge is 0.488 e. The molecule has 1 unspecified atom stereocenters. The zero-order valence-corrected chi connectivity index (χ0v) is 12.7. The molecule has 1 aromatic rings. The maximum atomic E-state index is 13.6. The van der Waals surface area contributed by atoms with Crippen molar-refractivity contribution in [2.75, 3.05) is 6.61 Å². The molecule has 1 aliphatic carbocycles. The molecule has 110 valence electrons. The molecule has 0 aromatic heterocycles. The van der Waals surface area contributed by atoms with Gasteiger partial charge < -0.3 is 9.47 Å². The molecule has 3 rings (SSSR count). The zero-order chi connectivity index (χ0) is 14.2. The molecule has 1 heterocycles. The second-order valence-corrected chi connectivity index (χ2v) is 6.60. The Bertz CT molecular complexity index is 501. The third kappa shape index (κ3) is 2.84. The fraction of sp³-hybridized carbons (Fsp3) is 0.600. The van der Waals surface area contributed by atoms with Crippen LogP contribution in [0, 0.1) is 11.6 Å². The van der Waals surface area contributed by atoms with Crippen LogP contribution >= 0.6 is 15.9 Å². The first kappa shape index (κ1) is 14.3. The molecular weight excluding hydrogens is 330 g/mol. The van der Waals surface area contributed by atoms with Crippen molar-refractivity contribution in [3.8, 4) is 5.75 Å². The van der Waals surface area contributed by atoms with Crippen LogP contribution in [0.3, 0.4) is 0 Å². The predicted molar refractivity (Wildman–Crippen MR) is 74.9 cm³/mol. The number of hydrogen-bond acceptors (Lipinski definition) is 2. The van der Waals surface area contributed by atoms with E-state index in [0.29, 0.717) is 4.47 Å². The molecule has 1 aliphatic heterocycles. The van der Waals surface area contributed by atoms with E-state index in [1.807, 2.05) is 0 Å². The summed E-state index contributed by atoms with van der Waals surface area (Å²) in [5.74, 6) is -1.91. The van der Waals surface area contributed by atoms with Crippen molar-refractivity contribution in [1.29, 1.82) is 0 Å². The van der Waals surface area contributed by atoms with Crippen molar-refractivity contribution in [2.24, 2.45) is 0 Å². The monoisotopic (exact) mass is 346 g/mol. The number of halogens is 3. The van der Waals surface area contributed by atoms with Gasteiger partial charge >= 0.3 is 0 Å². The quantitative estimate of drug-likeness (QED) is 0.744. The molecule has 20 heavy (non-hydrogen) atoms. The Morgan fingerprint density at radius 2 is 2.00 bits per heavy atom. The summed E-state index contributed by atoms with van der Waals surface area (Å²) in [6.45, 7) is 0.272. The lowest BCUT2D eigenvalue weighted by atomic mass is 9.98. The first-order chi connectivity index (χ1) is 9.58. The first-order valence-corrected chi connectivity index (χ1v) is 7.82. The summed E-state index contributed by atoms with van der Waals surface area (Å²) in [4.78, 5) is 0. The smallest absolute Gasteiger partial charge is 0.200 e. The standard InChI is InChI=1S/C15H17BrF2O2/c16-10-7-12(17)14(18)13(8-10)19-9-11-3-6-15(20-11)4-1-2-5-15/h7-8,11H,1-6,9H2. The Morgan fingerprint density at radius 1 is 1.25 bits per heavy atom. The van der Waals surface area contributed by atoms with Gasteiger partial charge in [-0.3, -0.25) is 0 Å². The Balaban J connectivity index is 1.60. The molecule has 0 amide bonds. The van der Waals surface area contributed by atoms with Gasteiger partial charge in [0.1, 0.15) is 6.61 Å². The molecule has 1 saturated carbocycles. The maximum absolute atomic E-state index is 13.6. The normalized spacial score (nSPS) is 24.4. The van der Waals surface area contributed by atoms with Gasteiger partial charge in [-0.05, 0) is 37.8 Å². The van der Waals surface area contributed by atoms with Crippen molar-refractivity contribution in [2.45, 2.75) is 50.2 Å². The van der Waals surface area contributed by atoms with E-state index in [0.717, 1.165) is 31.7 Å². The van der Waals surface area contributed by atoms with Gasteiger partial charge in [-0.15, -0.1) is 0 Å². The fourth-order valence-electron chi connectivity index (χ4n) is 3.22. The van der Waals surface area contributed by atoms with E-state index >= 15 is 0 Å². The molecule has 2 aliphatic rings. The minimum Gasteiger partial charge on any atom is -0.488 e. The van der Waals surface area contributed by atoms with Crippen LogP contribution in [0.2, 0.25) is 0 Å². The van der Waals surface area contributed by atoms with Crippen LogP contribution in [0.4, 0.5) is 8.78 Å². The summed E-state index contributed by atoms with van der Waals surface area (Å²) >= 11 is 3.13. The highest BCUT2D eigenvalue weighted by Crippen LogP contribution is 2.43. The number of benzene rings is 1. The molecule has 1 atom stereocenters. The molecule has 2 nitrogen and oxygen atoms in total. The van der Waals surface area contributed by atoms with Crippen molar-refractivity contribution >= 4 is 15.9 Å². The lowest BCUT2D eigenvalue weighted by Gasteiger charge is -2.23. The van der Waals surface area contributed by atoms with Gasteiger partial charge in [-0.25, -0.2) is 4.39 Å². The lowest BCUT2D eigenvalue weighted by molar-refractivity contribution is -0.0512. The molecule has 5 heteroatoms. The van der Waals surface area contributed by atoms with E-state index in [2.05, 4.69) is 15.9 Å². The SMILES string of the molecule is Fc1cc(Br)cc(OCC2CCC3(CCCC3)O2)c1F. The van der Waals surface area contributed by atoms with Crippen molar-refractivity contribution < 1.29 is 18.3 Å². The topological polar surface area (TPSA) is 18.5 Å². The van der Waals surface area contributed by atoms with Crippen molar-refractivity contribution in [3.05, 3.63) is 28.2 Å². The predicted octanol–water partition coefficient (Wildman–Crippen LogP) is 4.60. The van der Waals surface area contributed by atoms with Gasteiger partial charge in [0.2, 0.25) is 5.82 Å². The van der Waals surface area contributed by atoms with Crippen LogP contribution < -0.4 is 4.74 Å². The highest BCUT2D eigenvalue weighted by Gasteiger charge is 2.42. The summed E-state index contributed by atoms with van der Waals surface area (Å²) in [7, 11) is 0. The maximum Gasteiger partial charge on any atom is 0.200 e. The molecule has 1 spiro atoms. The van der Waals surface area contributed by atoms with Gasteiger partial charge in [0.15, 0.2) is 11.6 Å². The Labute approximate surface area is 125 Å². The van der Waals surface area contributed by atoms with E-state index in [4.69, 9.17) is 9.47 Å². The van der Waals surface area contributed by atoms with Crippen molar-refractivity contribution in [3.63, 3.8) is 0 Å². The van der Waals surface area contributed by atoms with Crippen LogP contribution in [0.5, 0.6) is 5.75 Å². The zero-order valence-electron chi connectivity index (χ0n) is 11.1. The number of ether oxygens (including phenoxy) is 2. The third-order valence-electron chi connectivity index (χ3n) is 4.24. The summed E-state index contributed by atoms with van der Waals surface area (Å²) in [5.41, 5.74) is 0.0368. The second-order valence-electron chi connectivity index (χ2n) is 5.68. The van der Waals surface area contributed by atoms with E-state index < -0.39 is 11.6 Å². The van der Waals surface area contributed by atoms with E-state index in [9.17, 15) is 8.78 Å². The minimum absolute atomic E-state index is 0.0189. The second kappa shape index (κ2) is 5.60. The minimum atomic E-state index is -0.943. The molecule has 0 bridgehead atoms. The van der Waals surface area contributed by atoms with E-state index in [-0.39, 0.29) is 24.1 Å². The highest BCUT2D eigenvalue weighted by molar-refractivity contribution is 9.10. The highest BCUT2D eigenvalue weighted by atomic mass is 79.9. The summed E-state index contributed by atoms with van der Waals surface area (Å²) < 4.78 is 38.8. The molecule has 0 N–H and O–H groups in total. The molecule has 0 radical (unpaired) electrons. The van der Waals surface area contributed by atoms with E-state index in [1.54, 1.807) is 0 Å². The lowest BCUT2D eigenvalue weighted by Crippen LogP contribution is -2.27. The van der Waals surface area contributed by atoms with Crippen molar-refractivity contribution in [1.82, 2.24) is 0 Å². The van der Waals surface area contributed by atoms with Crippen LogP contribution in [-0.2, 0) is 4.74 Å². The van der Waals surface area contributed by atoms with Gasteiger partial charge in [-0.1, -0.05) is 28.8 Å². The average molecular weight is 347 g/mol. The van der Waals surface area contributed by atoms with Gasteiger partial charge in [0.25, 0.3) is 0 Å². The molecule has 1 saturated heterocycles. The van der Waals surface area contributed by atoms with Gasteiger partial charge in [0.05, 0.1) is 11.7 Å². The molecule has 2 fully saturated rings. The van der Waals surface area contributed by atoms with E-state index in [1.165, 1.54) is 18.9 Å². The van der Waals surface area contributed by atoms with Crippen LogP contribution in [0.1, 0.15) is 38.5 Å². The molecular formula is C15H17BrF2O2. The summed E-state index contributed by atoms with van der Waals surface area (Å²) in [6, 6.07) is 2.53.